The van der Waals surface area contributed by atoms with Crippen LogP contribution in [0.3, 0.4) is 0 Å². The summed E-state index contributed by atoms with van der Waals surface area (Å²) in [6.45, 7) is 0.193. The van der Waals surface area contributed by atoms with Gasteiger partial charge in [-0.05, 0) is 35.9 Å². The molecule has 0 saturated heterocycles. The van der Waals surface area contributed by atoms with E-state index in [0.29, 0.717) is 17.2 Å². The van der Waals surface area contributed by atoms with E-state index in [2.05, 4.69) is 0 Å². The maximum atomic E-state index is 13.8. The third-order valence-electron chi connectivity index (χ3n) is 3.27. The summed E-state index contributed by atoms with van der Waals surface area (Å²) >= 11 is 0. The van der Waals surface area contributed by atoms with Crippen LogP contribution in [0.1, 0.15) is 15.9 Å². The maximum Gasteiger partial charge on any atom is 0.231 e. The lowest BCUT2D eigenvalue weighted by molar-refractivity contribution is 0.104. The Kier molecular flexibility index (Phi) is 3.78. The molecule has 0 fully saturated rings. The summed E-state index contributed by atoms with van der Waals surface area (Å²) in [5.41, 5.74) is 0.768. The second-order valence-electron chi connectivity index (χ2n) is 4.66. The summed E-state index contributed by atoms with van der Waals surface area (Å²) in [4.78, 5) is 12.0. The van der Waals surface area contributed by atoms with E-state index in [9.17, 15) is 9.18 Å². The minimum atomic E-state index is -0.611. The van der Waals surface area contributed by atoms with Crippen molar-refractivity contribution in [3.8, 4) is 17.2 Å². The fraction of sp³-hybridized carbons (Fsp3) is 0.118. The molecule has 22 heavy (non-hydrogen) atoms. The van der Waals surface area contributed by atoms with Gasteiger partial charge >= 0.3 is 0 Å². The first kappa shape index (κ1) is 14.1. The number of methoxy groups -OCH3 is 1. The molecule has 0 bridgehead atoms. The third kappa shape index (κ3) is 2.79. The van der Waals surface area contributed by atoms with Crippen molar-refractivity contribution in [3.63, 3.8) is 0 Å². The smallest absolute Gasteiger partial charge is 0.231 e. The van der Waals surface area contributed by atoms with Gasteiger partial charge in [0, 0.05) is 6.07 Å². The summed E-state index contributed by atoms with van der Waals surface area (Å²) in [6.07, 6.45) is 2.93. The number of ether oxygens (including phenoxy) is 3. The van der Waals surface area contributed by atoms with Crippen LogP contribution < -0.4 is 14.2 Å². The van der Waals surface area contributed by atoms with E-state index < -0.39 is 11.6 Å². The topological polar surface area (TPSA) is 44.8 Å². The number of benzene rings is 2. The number of halogens is 1. The van der Waals surface area contributed by atoms with Crippen LogP contribution in [0.25, 0.3) is 6.08 Å². The molecule has 3 rings (SSSR count). The Balaban J connectivity index is 1.79. The second-order valence-corrected chi connectivity index (χ2v) is 4.66. The Bertz CT molecular complexity index is 752. The molecule has 1 aliphatic rings. The number of carbonyl (C=O) groups excluding carboxylic acids is 1. The minimum absolute atomic E-state index is 0.00204. The molecule has 0 N–H and O–H groups in total. The zero-order chi connectivity index (χ0) is 15.5. The van der Waals surface area contributed by atoms with E-state index in [0.717, 1.165) is 5.56 Å². The highest BCUT2D eigenvalue weighted by Crippen LogP contribution is 2.32. The molecular formula is C17H13FO4. The van der Waals surface area contributed by atoms with Crippen LogP contribution in [0.4, 0.5) is 4.39 Å². The van der Waals surface area contributed by atoms with Crippen molar-refractivity contribution >= 4 is 11.9 Å². The first-order valence-electron chi connectivity index (χ1n) is 6.63. The lowest BCUT2D eigenvalue weighted by atomic mass is 10.1. The number of hydrogen-bond donors (Lipinski definition) is 0. The van der Waals surface area contributed by atoms with Gasteiger partial charge in [-0.3, -0.25) is 4.79 Å². The Labute approximate surface area is 126 Å². The van der Waals surface area contributed by atoms with Gasteiger partial charge in [0.05, 0.1) is 12.7 Å². The van der Waals surface area contributed by atoms with E-state index in [1.165, 1.54) is 25.3 Å². The van der Waals surface area contributed by atoms with Gasteiger partial charge < -0.3 is 14.2 Å². The van der Waals surface area contributed by atoms with Crippen LogP contribution in [-0.2, 0) is 0 Å². The van der Waals surface area contributed by atoms with Crippen molar-refractivity contribution in [3.05, 3.63) is 59.4 Å². The van der Waals surface area contributed by atoms with Gasteiger partial charge in [0.25, 0.3) is 0 Å². The predicted octanol–water partition coefficient (Wildman–Crippen LogP) is 3.46. The standard InChI is InChI=1S/C17H13FO4/c1-20-12-4-5-13(14(18)9-12)15(19)6-2-11-3-7-16-17(8-11)22-10-21-16/h2-9H,10H2,1H3. The SMILES string of the molecule is COc1ccc(C(=O)C=Cc2ccc3c(c2)OCO3)c(F)c1. The van der Waals surface area contributed by atoms with Crippen molar-refractivity contribution in [1.29, 1.82) is 0 Å². The van der Waals surface area contributed by atoms with E-state index in [1.54, 1.807) is 30.3 Å². The van der Waals surface area contributed by atoms with Crippen molar-refractivity contribution in [2.75, 3.05) is 13.9 Å². The Morgan fingerprint density at radius 1 is 1.18 bits per heavy atom. The number of carbonyl (C=O) groups is 1. The van der Waals surface area contributed by atoms with Crippen molar-refractivity contribution in [2.24, 2.45) is 0 Å². The number of allylic oxidation sites excluding steroid dienone is 1. The average Bonchev–Trinajstić information content (AvgIpc) is 3.00. The molecule has 0 atom stereocenters. The van der Waals surface area contributed by atoms with Crippen LogP contribution in [0, 0.1) is 5.82 Å². The highest BCUT2D eigenvalue weighted by atomic mass is 19.1. The fourth-order valence-corrected chi connectivity index (χ4v) is 2.10. The average molecular weight is 300 g/mol. The molecule has 2 aromatic rings. The molecule has 0 spiro atoms. The molecule has 5 heteroatoms. The summed E-state index contributed by atoms with van der Waals surface area (Å²) in [7, 11) is 1.44. The van der Waals surface area contributed by atoms with Crippen molar-refractivity contribution in [2.45, 2.75) is 0 Å². The van der Waals surface area contributed by atoms with Crippen molar-refractivity contribution < 1.29 is 23.4 Å². The van der Waals surface area contributed by atoms with Gasteiger partial charge in [0.1, 0.15) is 11.6 Å². The van der Waals surface area contributed by atoms with Crippen LogP contribution in [0.2, 0.25) is 0 Å². The molecule has 0 radical (unpaired) electrons. The quantitative estimate of drug-likeness (QED) is 0.641. The lowest BCUT2D eigenvalue weighted by Crippen LogP contribution is -1.99. The maximum absolute atomic E-state index is 13.8. The summed E-state index contributed by atoms with van der Waals surface area (Å²) in [6, 6.07) is 9.45. The van der Waals surface area contributed by atoms with E-state index in [1.807, 2.05) is 0 Å². The van der Waals surface area contributed by atoms with Crippen LogP contribution in [0.15, 0.2) is 42.5 Å². The van der Waals surface area contributed by atoms with E-state index in [4.69, 9.17) is 14.2 Å². The lowest BCUT2D eigenvalue weighted by Gasteiger charge is -2.02. The molecule has 0 amide bonds. The third-order valence-corrected chi connectivity index (χ3v) is 3.27. The Morgan fingerprint density at radius 3 is 2.77 bits per heavy atom. The largest absolute Gasteiger partial charge is 0.497 e. The molecular weight excluding hydrogens is 287 g/mol. The first-order chi connectivity index (χ1) is 10.7. The molecule has 112 valence electrons. The van der Waals surface area contributed by atoms with Gasteiger partial charge in [-0.1, -0.05) is 12.1 Å². The highest BCUT2D eigenvalue weighted by Gasteiger charge is 2.13. The van der Waals surface area contributed by atoms with Crippen LogP contribution in [0.5, 0.6) is 17.2 Å². The second kappa shape index (κ2) is 5.89. The summed E-state index contributed by atoms with van der Waals surface area (Å²) in [5.74, 6) is 0.640. The molecule has 0 saturated carbocycles. The van der Waals surface area contributed by atoms with Gasteiger partial charge in [0.15, 0.2) is 17.3 Å². The molecule has 0 aliphatic carbocycles. The molecule has 1 heterocycles. The van der Waals surface area contributed by atoms with E-state index >= 15 is 0 Å². The predicted molar refractivity (Wildman–Crippen MR) is 78.9 cm³/mol. The molecule has 0 aromatic heterocycles. The number of ketones is 1. The summed E-state index contributed by atoms with van der Waals surface area (Å²) < 4.78 is 29.2. The Hall–Kier alpha value is -2.82. The van der Waals surface area contributed by atoms with Crippen molar-refractivity contribution in [1.82, 2.24) is 0 Å². The zero-order valence-corrected chi connectivity index (χ0v) is 11.8. The van der Waals surface area contributed by atoms with Gasteiger partial charge in [-0.2, -0.15) is 0 Å². The molecule has 0 unspecified atom stereocenters. The number of fused-ring (bicyclic) bond motifs is 1. The van der Waals surface area contributed by atoms with Crippen LogP contribution in [-0.4, -0.2) is 19.7 Å². The fourth-order valence-electron chi connectivity index (χ4n) is 2.10. The minimum Gasteiger partial charge on any atom is -0.497 e. The number of hydrogen-bond acceptors (Lipinski definition) is 4. The Morgan fingerprint density at radius 2 is 2.00 bits per heavy atom. The number of rotatable bonds is 4. The molecule has 2 aromatic carbocycles. The molecule has 4 nitrogen and oxygen atoms in total. The van der Waals surface area contributed by atoms with Gasteiger partial charge in [-0.25, -0.2) is 4.39 Å². The first-order valence-corrected chi connectivity index (χ1v) is 6.63. The van der Waals surface area contributed by atoms with Gasteiger partial charge in [0.2, 0.25) is 6.79 Å². The van der Waals surface area contributed by atoms with Gasteiger partial charge in [-0.15, -0.1) is 0 Å². The van der Waals surface area contributed by atoms with E-state index in [-0.39, 0.29) is 12.4 Å². The molecule has 1 aliphatic heterocycles. The van der Waals surface area contributed by atoms with Crippen LogP contribution >= 0.6 is 0 Å². The monoisotopic (exact) mass is 300 g/mol. The normalized spacial score (nSPS) is 12.6. The summed E-state index contributed by atoms with van der Waals surface area (Å²) in [5, 5.41) is 0. The highest BCUT2D eigenvalue weighted by molar-refractivity contribution is 6.07. The zero-order valence-electron chi connectivity index (χ0n) is 11.8.